The topological polar surface area (TPSA) is 117 Å². The third-order valence-corrected chi connectivity index (χ3v) is 3.81. The molecule has 0 aliphatic rings. The summed E-state index contributed by atoms with van der Waals surface area (Å²) in [6, 6.07) is 7.49. The molecule has 0 spiro atoms. The Labute approximate surface area is 146 Å². The molecule has 3 aromatic rings. The van der Waals surface area contributed by atoms with Crippen molar-refractivity contribution in [3.05, 3.63) is 59.3 Å². The molecule has 0 unspecified atom stereocenters. The highest BCUT2D eigenvalue weighted by atomic mass is 19.1. The maximum atomic E-state index is 13.0. The summed E-state index contributed by atoms with van der Waals surface area (Å²) in [5.74, 6) is -2.63. The van der Waals surface area contributed by atoms with E-state index in [9.17, 15) is 19.1 Å². The van der Waals surface area contributed by atoms with Gasteiger partial charge in [-0.15, -0.1) is 0 Å². The fraction of sp³-hybridized carbons (Fsp3) is 0.176. The Kier molecular flexibility index (Phi) is 4.78. The molecule has 0 bridgehead atoms. The molecule has 26 heavy (non-hydrogen) atoms. The number of halogens is 1. The van der Waals surface area contributed by atoms with Crippen molar-refractivity contribution < 1.29 is 24.2 Å². The van der Waals surface area contributed by atoms with Gasteiger partial charge in [0.05, 0.1) is 0 Å². The lowest BCUT2D eigenvalue weighted by Gasteiger charge is -2.10. The van der Waals surface area contributed by atoms with Crippen LogP contribution < -0.4 is 5.32 Å². The monoisotopic (exact) mass is 358 g/mol. The van der Waals surface area contributed by atoms with E-state index in [-0.39, 0.29) is 17.3 Å². The normalized spacial score (nSPS) is 10.8. The molecule has 1 aromatic carbocycles. The average molecular weight is 358 g/mol. The summed E-state index contributed by atoms with van der Waals surface area (Å²) in [5, 5.41) is 25.0. The molecule has 2 heterocycles. The minimum Gasteiger partial charge on any atom is -0.505 e. The number of aromatic hydroxyl groups is 1. The van der Waals surface area contributed by atoms with Crippen LogP contribution in [0.25, 0.3) is 5.65 Å². The van der Waals surface area contributed by atoms with Gasteiger partial charge in [-0.1, -0.05) is 12.1 Å². The number of nitrogens with zero attached hydrogens (tertiary/aromatic N) is 3. The number of fused-ring (bicyclic) bond motifs is 1. The Morgan fingerprint density at radius 2 is 1.92 bits per heavy atom. The molecular formula is C17H15FN4O4. The van der Waals surface area contributed by atoms with Gasteiger partial charge in [0.2, 0.25) is 0 Å². The minimum atomic E-state index is -1.21. The number of rotatable bonds is 6. The molecule has 9 heteroatoms. The van der Waals surface area contributed by atoms with Crippen LogP contribution in [-0.2, 0) is 17.6 Å². The second-order valence-electron chi connectivity index (χ2n) is 5.60. The Hall–Kier alpha value is -3.49. The number of aliphatic carboxylic acids is 1. The standard InChI is InChI=1S/C17H15FN4O4/c18-12-5-2-10(3-6-12)1-4-11-7-13(23)15(17(26)19-8-14(24)25)22-16(11)20-9-21-22/h2-3,5-7,9,23H,1,4,8H2,(H,19,26)(H,24,25). The number of nitrogens with one attached hydrogen (secondary N) is 1. The van der Waals surface area contributed by atoms with Gasteiger partial charge in [0.15, 0.2) is 11.3 Å². The molecule has 1 amide bonds. The van der Waals surface area contributed by atoms with Gasteiger partial charge in [0, 0.05) is 5.56 Å². The molecule has 0 saturated carbocycles. The third-order valence-electron chi connectivity index (χ3n) is 3.81. The summed E-state index contributed by atoms with van der Waals surface area (Å²) < 4.78 is 14.1. The van der Waals surface area contributed by atoms with Crippen molar-refractivity contribution in [3.63, 3.8) is 0 Å². The quantitative estimate of drug-likeness (QED) is 0.609. The number of carbonyl (C=O) groups excluding carboxylic acids is 1. The Morgan fingerprint density at radius 3 is 2.62 bits per heavy atom. The van der Waals surface area contributed by atoms with Crippen molar-refractivity contribution in [2.75, 3.05) is 6.54 Å². The predicted octanol–water partition coefficient (Wildman–Crippen LogP) is 1.17. The second-order valence-corrected chi connectivity index (χ2v) is 5.60. The van der Waals surface area contributed by atoms with Gasteiger partial charge in [-0.2, -0.15) is 5.10 Å². The first-order valence-corrected chi connectivity index (χ1v) is 7.74. The van der Waals surface area contributed by atoms with Crippen LogP contribution in [0, 0.1) is 5.82 Å². The first-order chi connectivity index (χ1) is 12.5. The van der Waals surface area contributed by atoms with Crippen LogP contribution in [0.3, 0.4) is 0 Å². The van der Waals surface area contributed by atoms with Crippen LogP contribution in [0.15, 0.2) is 36.7 Å². The van der Waals surface area contributed by atoms with Crippen molar-refractivity contribution in [2.24, 2.45) is 0 Å². The lowest BCUT2D eigenvalue weighted by Crippen LogP contribution is -2.31. The Morgan fingerprint density at radius 1 is 1.19 bits per heavy atom. The van der Waals surface area contributed by atoms with Gasteiger partial charge in [0.25, 0.3) is 5.91 Å². The number of pyridine rings is 1. The average Bonchev–Trinajstić information content (AvgIpc) is 3.08. The molecule has 3 N–H and O–H groups in total. The van der Waals surface area contributed by atoms with E-state index in [0.29, 0.717) is 24.1 Å². The summed E-state index contributed by atoms with van der Waals surface area (Å²) in [4.78, 5) is 26.8. The maximum Gasteiger partial charge on any atom is 0.322 e. The number of aromatic nitrogens is 3. The number of hydrogen-bond donors (Lipinski definition) is 3. The summed E-state index contributed by atoms with van der Waals surface area (Å²) in [7, 11) is 0. The minimum absolute atomic E-state index is 0.190. The molecule has 134 valence electrons. The molecular weight excluding hydrogens is 343 g/mol. The van der Waals surface area contributed by atoms with Crippen LogP contribution in [0.5, 0.6) is 5.75 Å². The van der Waals surface area contributed by atoms with E-state index in [1.54, 1.807) is 12.1 Å². The van der Waals surface area contributed by atoms with Gasteiger partial charge in [0.1, 0.15) is 24.4 Å². The van der Waals surface area contributed by atoms with E-state index in [2.05, 4.69) is 15.4 Å². The van der Waals surface area contributed by atoms with Crippen molar-refractivity contribution in [2.45, 2.75) is 12.8 Å². The van der Waals surface area contributed by atoms with Crippen LogP contribution >= 0.6 is 0 Å². The Balaban J connectivity index is 1.87. The van der Waals surface area contributed by atoms with Crippen LogP contribution in [0.4, 0.5) is 4.39 Å². The molecule has 0 atom stereocenters. The number of aryl methyl sites for hydroxylation is 2. The largest absolute Gasteiger partial charge is 0.505 e. The van der Waals surface area contributed by atoms with Crippen molar-refractivity contribution in [3.8, 4) is 5.75 Å². The smallest absolute Gasteiger partial charge is 0.322 e. The van der Waals surface area contributed by atoms with Gasteiger partial charge in [-0.25, -0.2) is 13.9 Å². The van der Waals surface area contributed by atoms with Crippen molar-refractivity contribution in [1.82, 2.24) is 19.9 Å². The molecule has 0 aliphatic heterocycles. The fourth-order valence-electron chi connectivity index (χ4n) is 2.60. The highest BCUT2D eigenvalue weighted by Gasteiger charge is 2.20. The van der Waals surface area contributed by atoms with E-state index < -0.39 is 18.4 Å². The fourth-order valence-corrected chi connectivity index (χ4v) is 2.60. The number of hydrogen-bond acceptors (Lipinski definition) is 5. The predicted molar refractivity (Wildman–Crippen MR) is 88.4 cm³/mol. The molecule has 0 fully saturated rings. The van der Waals surface area contributed by atoms with Crippen LogP contribution in [0.1, 0.15) is 21.6 Å². The molecule has 0 saturated heterocycles. The third kappa shape index (κ3) is 3.61. The zero-order valence-corrected chi connectivity index (χ0v) is 13.5. The van der Waals surface area contributed by atoms with Gasteiger partial charge >= 0.3 is 5.97 Å². The lowest BCUT2D eigenvalue weighted by atomic mass is 10.0. The van der Waals surface area contributed by atoms with E-state index >= 15 is 0 Å². The van der Waals surface area contributed by atoms with Crippen molar-refractivity contribution in [1.29, 1.82) is 0 Å². The summed E-state index contributed by atoms with van der Waals surface area (Å²) >= 11 is 0. The number of amides is 1. The lowest BCUT2D eigenvalue weighted by molar-refractivity contribution is -0.135. The van der Waals surface area contributed by atoms with E-state index in [4.69, 9.17) is 5.11 Å². The second kappa shape index (κ2) is 7.18. The summed E-state index contributed by atoms with van der Waals surface area (Å²) in [5.41, 5.74) is 1.75. The SMILES string of the molecule is O=C(O)CNC(=O)c1c(O)cc(CCc2ccc(F)cc2)c2ncnn12. The number of carbonyl (C=O) groups is 2. The van der Waals surface area contributed by atoms with E-state index in [1.165, 1.54) is 29.0 Å². The van der Waals surface area contributed by atoms with Crippen LogP contribution in [0.2, 0.25) is 0 Å². The summed E-state index contributed by atoms with van der Waals surface area (Å²) in [6.07, 6.45) is 2.30. The first kappa shape index (κ1) is 17.3. The molecule has 2 aromatic heterocycles. The zero-order valence-electron chi connectivity index (χ0n) is 13.5. The Bertz CT molecular complexity index is 969. The maximum absolute atomic E-state index is 13.0. The first-order valence-electron chi connectivity index (χ1n) is 7.74. The molecule has 0 radical (unpaired) electrons. The number of benzene rings is 1. The van der Waals surface area contributed by atoms with E-state index in [0.717, 1.165) is 5.56 Å². The molecule has 8 nitrogen and oxygen atoms in total. The van der Waals surface area contributed by atoms with Gasteiger partial charge in [-0.3, -0.25) is 9.59 Å². The van der Waals surface area contributed by atoms with E-state index in [1.807, 2.05) is 0 Å². The number of carboxylic acids is 1. The zero-order chi connectivity index (χ0) is 18.7. The highest BCUT2D eigenvalue weighted by molar-refractivity contribution is 5.97. The molecule has 0 aliphatic carbocycles. The van der Waals surface area contributed by atoms with Gasteiger partial charge < -0.3 is 15.5 Å². The summed E-state index contributed by atoms with van der Waals surface area (Å²) in [6.45, 7) is -0.583. The highest BCUT2D eigenvalue weighted by Crippen LogP contribution is 2.23. The van der Waals surface area contributed by atoms with Crippen molar-refractivity contribution >= 4 is 17.5 Å². The number of carboxylic acid groups (broad SMARTS) is 1. The molecule has 3 rings (SSSR count). The van der Waals surface area contributed by atoms with Crippen LogP contribution in [-0.4, -0.2) is 43.2 Å². The van der Waals surface area contributed by atoms with Gasteiger partial charge in [-0.05, 0) is 36.6 Å².